The normalized spacial score (nSPS) is 18.0. The maximum absolute atomic E-state index is 13.5. The van der Waals surface area contributed by atoms with E-state index in [0.717, 1.165) is 24.8 Å². The van der Waals surface area contributed by atoms with Crippen LogP contribution >= 0.6 is 11.3 Å². The summed E-state index contributed by atoms with van der Waals surface area (Å²) in [4.78, 5) is 48.6. The van der Waals surface area contributed by atoms with Crippen LogP contribution in [0.1, 0.15) is 54.8 Å². The molecule has 1 atom stereocenters. The Balaban J connectivity index is 0.00000173. The molecule has 0 spiro atoms. The third-order valence-corrected chi connectivity index (χ3v) is 8.61. The van der Waals surface area contributed by atoms with E-state index in [-0.39, 0.29) is 29.5 Å². The zero-order valence-corrected chi connectivity index (χ0v) is 25.0. The van der Waals surface area contributed by atoms with Gasteiger partial charge in [-0.2, -0.15) is 5.26 Å². The number of carbonyl (C=O) groups is 3. The number of urea groups is 1. The fourth-order valence-corrected chi connectivity index (χ4v) is 6.37. The van der Waals surface area contributed by atoms with E-state index in [4.69, 9.17) is 4.74 Å². The first-order valence-electron chi connectivity index (χ1n) is 14.3. The van der Waals surface area contributed by atoms with Crippen LogP contribution in [0.15, 0.2) is 42.1 Å². The molecule has 1 unspecified atom stereocenters. The quantitative estimate of drug-likeness (QED) is 0.273. The minimum atomic E-state index is -0.373. The molecule has 2 N–H and O–H groups in total. The lowest BCUT2D eigenvalue weighted by Gasteiger charge is -2.33. The largest absolute Gasteiger partial charge is 0.497 e. The number of hydrogen-bond donors (Lipinski definition) is 2. The Morgan fingerprint density at radius 2 is 2.00 bits per heavy atom. The highest BCUT2D eigenvalue weighted by molar-refractivity contribution is 7.21. The third-order valence-electron chi connectivity index (χ3n) is 7.52. The summed E-state index contributed by atoms with van der Waals surface area (Å²) in [6, 6.07) is 8.68. The number of likely N-dealkylation sites (tertiary alicyclic amines) is 1. The van der Waals surface area contributed by atoms with Gasteiger partial charge in [-0.15, -0.1) is 11.3 Å². The fraction of sp³-hybridized carbons (Fsp3) is 0.387. The molecule has 3 aliphatic rings. The molecule has 2 aliphatic heterocycles. The number of anilines is 3. The second kappa shape index (κ2) is 12.2. The predicted octanol–water partition coefficient (Wildman–Crippen LogP) is 5.90. The van der Waals surface area contributed by atoms with Gasteiger partial charge >= 0.3 is 6.03 Å². The summed E-state index contributed by atoms with van der Waals surface area (Å²) in [5.74, 6) is 0.411. The molecule has 1 aliphatic carbocycles. The van der Waals surface area contributed by atoms with Crippen LogP contribution in [-0.2, 0) is 4.79 Å². The maximum atomic E-state index is 13.5. The number of rotatable bonds is 6. The molecule has 6 rings (SSSR count). The van der Waals surface area contributed by atoms with Crippen LogP contribution in [-0.4, -0.2) is 54.0 Å². The van der Waals surface area contributed by atoms with Gasteiger partial charge in [0.2, 0.25) is 0 Å². The zero-order chi connectivity index (χ0) is 30.0. The van der Waals surface area contributed by atoms with Gasteiger partial charge in [0.1, 0.15) is 27.1 Å². The molecule has 1 saturated heterocycles. The number of aryl methyl sites for hydroxylation is 1. The number of pyridine rings is 1. The first-order valence-corrected chi connectivity index (χ1v) is 15.1. The molecule has 2 aromatic heterocycles. The minimum absolute atomic E-state index is 0.182. The number of benzene rings is 1. The second-order valence-corrected chi connectivity index (χ2v) is 11.3. The minimum Gasteiger partial charge on any atom is -0.497 e. The summed E-state index contributed by atoms with van der Waals surface area (Å²) >= 11 is 1.22. The first kappa shape index (κ1) is 29.1. The van der Waals surface area contributed by atoms with E-state index >= 15 is 0 Å². The molecule has 0 bridgehead atoms. The number of piperidine rings is 1. The van der Waals surface area contributed by atoms with E-state index in [1.54, 1.807) is 41.3 Å². The number of nitrogens with zero attached hydrogens (tertiary/aromatic N) is 4. The number of ether oxygens (including phenoxy) is 1. The number of methoxy groups -OCH3 is 1. The number of amides is 4. The number of nitrogens with one attached hydrogen (secondary N) is 2. The smallest absolute Gasteiger partial charge is 0.331 e. The summed E-state index contributed by atoms with van der Waals surface area (Å²) in [6.07, 6.45) is 6.87. The summed E-state index contributed by atoms with van der Waals surface area (Å²) < 4.78 is 5.31. The zero-order valence-electron chi connectivity index (χ0n) is 24.2. The lowest BCUT2D eigenvalue weighted by atomic mass is 10.0. The summed E-state index contributed by atoms with van der Waals surface area (Å²) in [6.45, 7) is 6.78. The van der Waals surface area contributed by atoms with E-state index in [1.807, 2.05) is 39.0 Å². The Kier molecular flexibility index (Phi) is 8.45. The Morgan fingerprint density at radius 3 is 2.69 bits per heavy atom. The third kappa shape index (κ3) is 5.54. The van der Waals surface area contributed by atoms with Crippen molar-refractivity contribution in [2.45, 2.75) is 52.5 Å². The van der Waals surface area contributed by atoms with Gasteiger partial charge in [-0.1, -0.05) is 19.9 Å². The number of allylic oxidation sites excluding steroid dienone is 1. The molecule has 4 amide bonds. The Morgan fingerprint density at radius 1 is 1.21 bits per heavy atom. The topological polar surface area (TPSA) is 128 Å². The monoisotopic (exact) mass is 586 g/mol. The van der Waals surface area contributed by atoms with Gasteiger partial charge in [-0.3, -0.25) is 14.5 Å². The van der Waals surface area contributed by atoms with Crippen LogP contribution in [0.4, 0.5) is 21.9 Å². The van der Waals surface area contributed by atoms with Gasteiger partial charge in [0, 0.05) is 25.3 Å². The SMILES string of the molecule is CC.COc1ccc(N2C(=O)Nc3c(C(=O)NC4CCCN(C(=O)/C(C#N)=C/C5CC5)C4)sc4nccc2c34)c(C)c1. The van der Waals surface area contributed by atoms with E-state index in [0.29, 0.717) is 63.3 Å². The van der Waals surface area contributed by atoms with Crippen molar-refractivity contribution in [3.8, 4) is 11.8 Å². The number of thiophene rings is 1. The molecule has 1 aromatic carbocycles. The van der Waals surface area contributed by atoms with Gasteiger partial charge in [0.25, 0.3) is 11.8 Å². The van der Waals surface area contributed by atoms with Crippen LogP contribution in [0, 0.1) is 24.2 Å². The second-order valence-electron chi connectivity index (χ2n) is 10.3. The summed E-state index contributed by atoms with van der Waals surface area (Å²) in [5, 5.41) is 16.2. The maximum Gasteiger partial charge on any atom is 0.331 e. The molecule has 4 heterocycles. The van der Waals surface area contributed by atoms with Gasteiger partial charge in [0.15, 0.2) is 0 Å². The van der Waals surface area contributed by atoms with E-state index < -0.39 is 0 Å². The highest BCUT2D eigenvalue weighted by Gasteiger charge is 2.35. The van der Waals surface area contributed by atoms with Gasteiger partial charge < -0.3 is 20.3 Å². The Labute approximate surface area is 249 Å². The van der Waals surface area contributed by atoms with E-state index in [2.05, 4.69) is 15.6 Å². The van der Waals surface area contributed by atoms with E-state index in [9.17, 15) is 19.6 Å². The van der Waals surface area contributed by atoms with Crippen LogP contribution in [0.3, 0.4) is 0 Å². The number of nitriles is 1. The molecule has 0 radical (unpaired) electrons. The van der Waals surface area contributed by atoms with Crippen molar-refractivity contribution < 1.29 is 19.1 Å². The van der Waals surface area contributed by atoms with Crippen molar-refractivity contribution in [1.82, 2.24) is 15.2 Å². The number of aromatic nitrogens is 1. The molecular weight excluding hydrogens is 552 g/mol. The molecule has 10 nitrogen and oxygen atoms in total. The van der Waals surface area contributed by atoms with Gasteiger partial charge in [-0.25, -0.2) is 9.78 Å². The Hall–Kier alpha value is -4.43. The molecule has 2 fully saturated rings. The van der Waals surface area contributed by atoms with Gasteiger partial charge in [0.05, 0.1) is 29.6 Å². The summed E-state index contributed by atoms with van der Waals surface area (Å²) in [7, 11) is 1.59. The number of carbonyl (C=O) groups excluding carboxylic acids is 3. The van der Waals surface area contributed by atoms with Crippen molar-refractivity contribution in [1.29, 1.82) is 5.26 Å². The van der Waals surface area contributed by atoms with Crippen LogP contribution < -0.4 is 20.3 Å². The lowest BCUT2D eigenvalue weighted by molar-refractivity contribution is -0.128. The molecular formula is C31H34N6O4S. The van der Waals surface area contributed by atoms with E-state index in [1.165, 1.54) is 11.3 Å². The average Bonchev–Trinajstić information content (AvgIpc) is 3.76. The molecule has 11 heteroatoms. The van der Waals surface area contributed by atoms with Crippen molar-refractivity contribution in [3.05, 3.63) is 52.6 Å². The van der Waals surface area contributed by atoms with Crippen molar-refractivity contribution in [2.24, 2.45) is 5.92 Å². The van der Waals surface area contributed by atoms with Crippen LogP contribution in [0.2, 0.25) is 0 Å². The van der Waals surface area contributed by atoms with Crippen LogP contribution in [0.5, 0.6) is 5.75 Å². The Bertz CT molecular complexity index is 1620. The average molecular weight is 587 g/mol. The first-order chi connectivity index (χ1) is 20.4. The van der Waals surface area contributed by atoms with Crippen molar-refractivity contribution in [3.63, 3.8) is 0 Å². The highest BCUT2D eigenvalue weighted by Crippen LogP contribution is 2.46. The molecule has 218 valence electrons. The van der Waals surface area contributed by atoms with Crippen LogP contribution in [0.25, 0.3) is 10.2 Å². The summed E-state index contributed by atoms with van der Waals surface area (Å²) in [5.41, 5.74) is 2.83. The molecule has 42 heavy (non-hydrogen) atoms. The predicted molar refractivity (Wildman–Crippen MR) is 163 cm³/mol. The fourth-order valence-electron chi connectivity index (χ4n) is 5.35. The van der Waals surface area contributed by atoms with Gasteiger partial charge in [-0.05, 0) is 68.4 Å². The van der Waals surface area contributed by atoms with Crippen molar-refractivity contribution >= 4 is 56.5 Å². The molecule has 1 saturated carbocycles. The lowest BCUT2D eigenvalue weighted by Crippen LogP contribution is -2.50. The molecule has 3 aromatic rings. The number of hydrogen-bond acceptors (Lipinski definition) is 7. The highest BCUT2D eigenvalue weighted by atomic mass is 32.1. The standard InChI is InChI=1S/C29H28N6O4S.C2H6/c1-16-12-20(39-2)7-8-21(16)35-22-9-10-31-27-23(22)24(33-29(35)38)25(40-27)26(36)32-19-4-3-11-34(15-19)28(37)18(14-30)13-17-5-6-17;1-2/h7-10,12-13,17,19H,3-6,11,15H2,1-2H3,(H,32,36)(H,33,38);1-2H3/b18-13+;. The van der Waals surface area contributed by atoms with Crippen molar-refractivity contribution in [2.75, 3.05) is 30.4 Å².